The zero-order chi connectivity index (χ0) is 7.33. The van der Waals surface area contributed by atoms with E-state index < -0.39 is 7.82 Å². The Balaban J connectivity index is 3.28. The van der Waals surface area contributed by atoms with Gasteiger partial charge < -0.3 is 9.79 Å². The molecule has 0 saturated carbocycles. The molecule has 0 rings (SSSR count). The van der Waals surface area contributed by atoms with Gasteiger partial charge in [0, 0.05) is 17.8 Å². The molecule has 0 aliphatic carbocycles. The van der Waals surface area contributed by atoms with Gasteiger partial charge in [-0.1, -0.05) is 6.08 Å². The van der Waals surface area contributed by atoms with Crippen molar-refractivity contribution >= 4 is 19.9 Å². The summed E-state index contributed by atoms with van der Waals surface area (Å²) in [5.41, 5.74) is 0. The van der Waals surface area contributed by atoms with Crippen molar-refractivity contribution in [2.24, 2.45) is 0 Å². The zero-order valence-electron chi connectivity index (χ0n) is 4.56. The molecule has 0 spiro atoms. The zero-order valence-corrected chi connectivity index (χ0v) is 6.27. The Labute approximate surface area is 57.4 Å². The van der Waals surface area contributed by atoms with Gasteiger partial charge in [0.1, 0.15) is 0 Å². The summed E-state index contributed by atoms with van der Waals surface area (Å²) in [6.45, 7) is 3.33. The molecule has 0 radical (unpaired) electrons. The second kappa shape index (κ2) is 4.09. The normalized spacial score (nSPS) is 11.3. The van der Waals surface area contributed by atoms with Crippen molar-refractivity contribution in [2.75, 3.05) is 5.75 Å². The van der Waals surface area contributed by atoms with Gasteiger partial charge in [-0.15, -0.1) is 6.58 Å². The maximum atomic E-state index is 9.92. The standard InChI is InChI=1S/C3H7O4PS/c1-2-3-9-7-8(4,5)6/h2H,1,3H2,(H2,4,5,6). The third-order valence-electron chi connectivity index (χ3n) is 0.336. The van der Waals surface area contributed by atoms with Gasteiger partial charge in [0.25, 0.3) is 0 Å². The SMILES string of the molecule is C=CCSOP(=O)(O)O. The lowest BCUT2D eigenvalue weighted by Crippen LogP contribution is -1.78. The molecule has 0 unspecified atom stereocenters. The van der Waals surface area contributed by atoms with Crippen LogP contribution in [0.2, 0.25) is 0 Å². The second-order valence-electron chi connectivity index (χ2n) is 1.14. The molecule has 2 N–H and O–H groups in total. The first-order valence-electron chi connectivity index (χ1n) is 2.04. The van der Waals surface area contributed by atoms with Gasteiger partial charge in [0.05, 0.1) is 0 Å². The third kappa shape index (κ3) is 8.20. The topological polar surface area (TPSA) is 66.8 Å². The molecule has 0 atom stereocenters. The van der Waals surface area contributed by atoms with Crippen LogP contribution in [-0.2, 0) is 8.54 Å². The minimum Gasteiger partial charge on any atom is -0.302 e. The van der Waals surface area contributed by atoms with Crippen molar-refractivity contribution in [3.63, 3.8) is 0 Å². The molecule has 0 saturated heterocycles. The Bertz CT molecular complexity index is 130. The smallest absolute Gasteiger partial charge is 0.302 e. The van der Waals surface area contributed by atoms with Gasteiger partial charge in [-0.2, -0.15) is 0 Å². The van der Waals surface area contributed by atoms with E-state index in [1.165, 1.54) is 6.08 Å². The fraction of sp³-hybridized carbons (Fsp3) is 0.333. The van der Waals surface area contributed by atoms with Crippen molar-refractivity contribution in [1.29, 1.82) is 0 Å². The molecule has 6 heteroatoms. The van der Waals surface area contributed by atoms with Gasteiger partial charge >= 0.3 is 7.82 Å². The average molecular weight is 170 g/mol. The monoisotopic (exact) mass is 170 g/mol. The minimum atomic E-state index is -4.28. The third-order valence-corrected chi connectivity index (χ3v) is 1.91. The maximum absolute atomic E-state index is 9.92. The lowest BCUT2D eigenvalue weighted by Gasteiger charge is -1.99. The summed E-state index contributed by atoms with van der Waals surface area (Å²) in [5, 5.41) is 0. The summed E-state index contributed by atoms with van der Waals surface area (Å²) < 4.78 is 13.9. The Morgan fingerprint density at radius 3 is 2.67 bits per heavy atom. The summed E-state index contributed by atoms with van der Waals surface area (Å²) in [6.07, 6.45) is 1.49. The van der Waals surface area contributed by atoms with Crippen LogP contribution in [0.3, 0.4) is 0 Å². The summed E-state index contributed by atoms with van der Waals surface area (Å²) in [4.78, 5) is 16.2. The molecular weight excluding hydrogens is 163 g/mol. The van der Waals surface area contributed by atoms with E-state index in [-0.39, 0.29) is 0 Å². The van der Waals surface area contributed by atoms with Crippen LogP contribution in [0.4, 0.5) is 0 Å². The lowest BCUT2D eigenvalue weighted by molar-refractivity contribution is 0.299. The van der Waals surface area contributed by atoms with Crippen molar-refractivity contribution in [3.8, 4) is 0 Å². The van der Waals surface area contributed by atoms with Crippen molar-refractivity contribution < 1.29 is 18.3 Å². The molecule has 0 aliphatic heterocycles. The Morgan fingerprint density at radius 2 is 2.33 bits per heavy atom. The number of hydrogen-bond acceptors (Lipinski definition) is 3. The molecule has 0 aromatic heterocycles. The summed E-state index contributed by atoms with van der Waals surface area (Å²) in [5.74, 6) is 0.366. The molecule has 0 aromatic rings. The number of hydrogen-bond donors (Lipinski definition) is 2. The largest absolute Gasteiger partial charge is 0.480 e. The van der Waals surface area contributed by atoms with Crippen LogP contribution in [0.5, 0.6) is 0 Å². The molecule has 0 amide bonds. The molecule has 54 valence electrons. The number of rotatable bonds is 4. The van der Waals surface area contributed by atoms with Gasteiger partial charge in [-0.3, -0.25) is 0 Å². The molecule has 9 heavy (non-hydrogen) atoms. The molecule has 0 bridgehead atoms. The van der Waals surface area contributed by atoms with E-state index in [9.17, 15) is 4.57 Å². The van der Waals surface area contributed by atoms with Gasteiger partial charge in [0.15, 0.2) is 0 Å². The molecule has 0 heterocycles. The molecule has 0 fully saturated rings. The highest BCUT2D eigenvalue weighted by molar-refractivity contribution is 7.98. The Morgan fingerprint density at radius 1 is 1.78 bits per heavy atom. The van der Waals surface area contributed by atoms with E-state index in [1.54, 1.807) is 0 Å². The highest BCUT2D eigenvalue weighted by Gasteiger charge is 2.12. The van der Waals surface area contributed by atoms with Gasteiger partial charge in [0.2, 0.25) is 0 Å². The van der Waals surface area contributed by atoms with Crippen molar-refractivity contribution in [3.05, 3.63) is 12.7 Å². The van der Waals surface area contributed by atoms with Crippen LogP contribution in [0.1, 0.15) is 0 Å². The van der Waals surface area contributed by atoms with Crippen molar-refractivity contribution in [1.82, 2.24) is 0 Å². The van der Waals surface area contributed by atoms with E-state index in [0.717, 1.165) is 0 Å². The van der Waals surface area contributed by atoms with Crippen LogP contribution >= 0.6 is 19.9 Å². The fourth-order valence-electron chi connectivity index (χ4n) is 0.147. The molecular formula is C3H7O4PS. The Kier molecular flexibility index (Phi) is 4.18. The van der Waals surface area contributed by atoms with Gasteiger partial charge in [-0.25, -0.2) is 8.54 Å². The van der Waals surface area contributed by atoms with E-state index in [4.69, 9.17) is 9.79 Å². The first-order valence-corrected chi connectivity index (χ1v) is 4.48. The predicted molar refractivity (Wildman–Crippen MR) is 35.8 cm³/mol. The van der Waals surface area contributed by atoms with Crippen LogP contribution < -0.4 is 0 Å². The molecule has 0 aliphatic rings. The first kappa shape index (κ1) is 9.20. The molecule has 4 nitrogen and oxygen atoms in total. The quantitative estimate of drug-likeness (QED) is 0.284. The van der Waals surface area contributed by atoms with Crippen LogP contribution in [-0.4, -0.2) is 15.5 Å². The van der Waals surface area contributed by atoms with E-state index in [2.05, 4.69) is 10.5 Å². The first-order chi connectivity index (χ1) is 4.06. The maximum Gasteiger partial charge on any atom is 0.480 e. The summed E-state index contributed by atoms with van der Waals surface area (Å²) in [7, 11) is -4.28. The van der Waals surface area contributed by atoms with Crippen LogP contribution in [0.25, 0.3) is 0 Å². The van der Waals surface area contributed by atoms with Crippen molar-refractivity contribution in [2.45, 2.75) is 0 Å². The predicted octanol–water partition coefficient (Wildman–Crippen LogP) is 0.930. The van der Waals surface area contributed by atoms with E-state index >= 15 is 0 Å². The Hall–Kier alpha value is 0.200. The lowest BCUT2D eigenvalue weighted by atomic mass is 10.8. The summed E-state index contributed by atoms with van der Waals surface area (Å²) in [6, 6.07) is 0. The fourth-order valence-corrected chi connectivity index (χ4v) is 1.04. The van der Waals surface area contributed by atoms with E-state index in [0.29, 0.717) is 17.8 Å². The van der Waals surface area contributed by atoms with Crippen LogP contribution in [0, 0.1) is 0 Å². The molecule has 0 aromatic carbocycles. The van der Waals surface area contributed by atoms with Crippen LogP contribution in [0.15, 0.2) is 12.7 Å². The minimum absolute atomic E-state index is 0.366. The second-order valence-corrected chi connectivity index (χ2v) is 3.28. The van der Waals surface area contributed by atoms with E-state index in [1.807, 2.05) is 0 Å². The summed E-state index contributed by atoms with van der Waals surface area (Å²) >= 11 is 0.679. The number of phosphoric acid groups is 1. The highest BCUT2D eigenvalue weighted by atomic mass is 32.2. The highest BCUT2D eigenvalue weighted by Crippen LogP contribution is 2.40. The average Bonchev–Trinajstić information content (AvgIpc) is 1.63. The van der Waals surface area contributed by atoms with Gasteiger partial charge in [-0.05, 0) is 0 Å².